The average Bonchev–Trinajstić information content (AvgIpc) is 2.36. The molecule has 0 bridgehead atoms. The zero-order valence-corrected chi connectivity index (χ0v) is 11.0. The first-order chi connectivity index (χ1) is 8.52. The van der Waals surface area contributed by atoms with Crippen molar-refractivity contribution < 1.29 is 5.21 Å². The zero-order chi connectivity index (χ0) is 13.3. The lowest BCUT2D eigenvalue weighted by molar-refractivity contribution is 0.170. The Balaban J connectivity index is 2.54. The van der Waals surface area contributed by atoms with Gasteiger partial charge in [0.1, 0.15) is 5.82 Å². The minimum atomic E-state index is -0.211. The monoisotopic (exact) mass is 251 g/mol. The highest BCUT2D eigenvalue weighted by Crippen LogP contribution is 2.30. The summed E-state index contributed by atoms with van der Waals surface area (Å²) in [6.45, 7) is 5.93. The van der Waals surface area contributed by atoms with Crippen LogP contribution >= 0.6 is 0 Å². The standard InChI is InChI=1S/C12H21N5O/c1-8(2)9-10(13)17(18)12(14)15-11(9)16-6-4-3-5-7-16/h8,14,18H,3-7,13H2,1-2H3. The summed E-state index contributed by atoms with van der Waals surface area (Å²) in [5.74, 6) is 1.15. The van der Waals surface area contributed by atoms with Gasteiger partial charge in [-0.1, -0.05) is 13.8 Å². The number of rotatable bonds is 2. The van der Waals surface area contributed by atoms with E-state index in [9.17, 15) is 5.21 Å². The molecule has 100 valence electrons. The Morgan fingerprint density at radius 1 is 1.28 bits per heavy atom. The highest BCUT2D eigenvalue weighted by molar-refractivity contribution is 5.58. The predicted molar refractivity (Wildman–Crippen MR) is 69.8 cm³/mol. The van der Waals surface area contributed by atoms with E-state index in [2.05, 4.69) is 9.88 Å². The van der Waals surface area contributed by atoms with Crippen LogP contribution in [0.1, 0.15) is 44.6 Å². The number of nitrogen functional groups attached to an aromatic ring is 1. The lowest BCUT2D eigenvalue weighted by Crippen LogP contribution is -2.36. The Morgan fingerprint density at radius 2 is 1.89 bits per heavy atom. The molecule has 0 saturated carbocycles. The van der Waals surface area contributed by atoms with Gasteiger partial charge in [-0.2, -0.15) is 4.98 Å². The van der Waals surface area contributed by atoms with Crippen molar-refractivity contribution in [3.8, 4) is 0 Å². The van der Waals surface area contributed by atoms with Crippen molar-refractivity contribution in [2.45, 2.75) is 39.0 Å². The van der Waals surface area contributed by atoms with Crippen LogP contribution in [0.4, 0.5) is 11.6 Å². The van der Waals surface area contributed by atoms with Crippen molar-refractivity contribution >= 4 is 11.6 Å². The van der Waals surface area contributed by atoms with Gasteiger partial charge in [0.25, 0.3) is 5.62 Å². The third-order valence-corrected chi connectivity index (χ3v) is 3.39. The third kappa shape index (κ3) is 2.14. The van der Waals surface area contributed by atoms with Crippen LogP contribution in [0, 0.1) is 5.41 Å². The molecule has 1 aromatic heterocycles. The molecule has 0 unspecified atom stereocenters. The number of piperidine rings is 1. The molecule has 1 aliphatic heterocycles. The lowest BCUT2D eigenvalue weighted by Gasteiger charge is -2.30. The van der Waals surface area contributed by atoms with E-state index in [1.165, 1.54) is 6.42 Å². The first kappa shape index (κ1) is 12.7. The molecule has 1 aromatic rings. The van der Waals surface area contributed by atoms with E-state index >= 15 is 0 Å². The third-order valence-electron chi connectivity index (χ3n) is 3.39. The molecule has 0 aromatic carbocycles. The van der Waals surface area contributed by atoms with Crippen LogP contribution in [0.15, 0.2) is 0 Å². The van der Waals surface area contributed by atoms with Crippen molar-refractivity contribution in [2.24, 2.45) is 0 Å². The maximum absolute atomic E-state index is 9.68. The summed E-state index contributed by atoms with van der Waals surface area (Å²) in [5.41, 5.74) is 6.54. The summed E-state index contributed by atoms with van der Waals surface area (Å²) in [7, 11) is 0. The molecular weight excluding hydrogens is 230 g/mol. The van der Waals surface area contributed by atoms with E-state index in [4.69, 9.17) is 11.1 Å². The molecule has 2 rings (SSSR count). The first-order valence-electron chi connectivity index (χ1n) is 6.43. The van der Waals surface area contributed by atoms with Crippen LogP contribution in [0.25, 0.3) is 0 Å². The lowest BCUT2D eigenvalue weighted by atomic mass is 10.0. The number of hydrogen-bond donors (Lipinski definition) is 3. The van der Waals surface area contributed by atoms with Crippen molar-refractivity contribution in [3.05, 3.63) is 11.2 Å². The first-order valence-corrected chi connectivity index (χ1v) is 6.43. The van der Waals surface area contributed by atoms with Gasteiger partial charge in [-0.25, -0.2) is 0 Å². The Hall–Kier alpha value is -1.72. The smallest absolute Gasteiger partial charge is 0.259 e. The fourth-order valence-electron chi connectivity index (χ4n) is 2.45. The maximum atomic E-state index is 9.68. The molecule has 0 atom stereocenters. The molecular formula is C12H21N5O. The number of nitrogens with zero attached hydrogens (tertiary/aromatic N) is 3. The number of aromatic nitrogens is 2. The van der Waals surface area contributed by atoms with Gasteiger partial charge in [0.2, 0.25) is 0 Å². The van der Waals surface area contributed by atoms with Crippen LogP contribution in [-0.4, -0.2) is 28.0 Å². The Labute approximate surface area is 107 Å². The van der Waals surface area contributed by atoms with Crippen LogP contribution in [-0.2, 0) is 0 Å². The van der Waals surface area contributed by atoms with E-state index < -0.39 is 0 Å². The Kier molecular flexibility index (Phi) is 3.45. The molecule has 6 nitrogen and oxygen atoms in total. The topological polar surface area (TPSA) is 91.2 Å². The van der Waals surface area contributed by atoms with E-state index in [1.54, 1.807) is 0 Å². The fraction of sp³-hybridized carbons (Fsp3) is 0.667. The van der Waals surface area contributed by atoms with Crippen LogP contribution in [0.2, 0.25) is 0 Å². The molecule has 0 radical (unpaired) electrons. The van der Waals surface area contributed by atoms with Gasteiger partial charge in [0.05, 0.1) is 0 Å². The van der Waals surface area contributed by atoms with Gasteiger partial charge < -0.3 is 15.8 Å². The second kappa shape index (κ2) is 4.88. The van der Waals surface area contributed by atoms with Gasteiger partial charge in [0.15, 0.2) is 5.82 Å². The van der Waals surface area contributed by atoms with Gasteiger partial charge >= 0.3 is 0 Å². The second-order valence-electron chi connectivity index (χ2n) is 5.07. The van der Waals surface area contributed by atoms with Crippen LogP contribution < -0.4 is 16.3 Å². The summed E-state index contributed by atoms with van der Waals surface area (Å²) >= 11 is 0. The average molecular weight is 251 g/mol. The molecule has 2 heterocycles. The van der Waals surface area contributed by atoms with Gasteiger partial charge in [-0.3, -0.25) is 5.41 Å². The SMILES string of the molecule is CC(C)c1c(N2CCCCC2)nc(=N)n(O)c1N. The number of anilines is 2. The van der Waals surface area contributed by atoms with E-state index in [0.29, 0.717) is 4.73 Å². The van der Waals surface area contributed by atoms with Crippen molar-refractivity contribution in [1.29, 1.82) is 5.41 Å². The zero-order valence-electron chi connectivity index (χ0n) is 11.0. The van der Waals surface area contributed by atoms with E-state index in [1.807, 2.05) is 13.8 Å². The molecule has 18 heavy (non-hydrogen) atoms. The highest BCUT2D eigenvalue weighted by atomic mass is 16.5. The number of hydrogen-bond acceptors (Lipinski definition) is 5. The Bertz CT molecular complexity index is 488. The summed E-state index contributed by atoms with van der Waals surface area (Å²) in [5, 5.41) is 17.3. The summed E-state index contributed by atoms with van der Waals surface area (Å²) in [6.07, 6.45) is 3.52. The maximum Gasteiger partial charge on any atom is 0.259 e. The van der Waals surface area contributed by atoms with Gasteiger partial charge in [0, 0.05) is 18.7 Å². The molecule has 6 heteroatoms. The minimum absolute atomic E-state index is 0.161. The predicted octanol–water partition coefficient (Wildman–Crippen LogP) is 1.30. The number of nitrogens with two attached hydrogens (primary N) is 1. The number of nitrogens with one attached hydrogen (secondary N) is 1. The van der Waals surface area contributed by atoms with Gasteiger partial charge in [-0.05, 0) is 25.2 Å². The van der Waals surface area contributed by atoms with Crippen molar-refractivity contribution in [2.75, 3.05) is 23.7 Å². The van der Waals surface area contributed by atoms with Crippen LogP contribution in [0.3, 0.4) is 0 Å². The minimum Gasteiger partial charge on any atom is -0.423 e. The molecule has 0 amide bonds. The molecule has 1 aliphatic rings. The molecule has 1 fully saturated rings. The second-order valence-corrected chi connectivity index (χ2v) is 5.07. The summed E-state index contributed by atoms with van der Waals surface area (Å²) in [6, 6.07) is 0. The fourth-order valence-corrected chi connectivity index (χ4v) is 2.45. The highest BCUT2D eigenvalue weighted by Gasteiger charge is 2.22. The quantitative estimate of drug-likeness (QED) is 0.691. The van der Waals surface area contributed by atoms with Gasteiger partial charge in [-0.15, -0.1) is 4.73 Å². The molecule has 1 saturated heterocycles. The van der Waals surface area contributed by atoms with E-state index in [0.717, 1.165) is 37.3 Å². The van der Waals surface area contributed by atoms with Crippen molar-refractivity contribution in [3.63, 3.8) is 0 Å². The Morgan fingerprint density at radius 3 is 2.44 bits per heavy atom. The summed E-state index contributed by atoms with van der Waals surface area (Å²) < 4.78 is 0.656. The molecule has 0 spiro atoms. The van der Waals surface area contributed by atoms with Crippen LogP contribution in [0.5, 0.6) is 0 Å². The largest absolute Gasteiger partial charge is 0.423 e. The van der Waals surface area contributed by atoms with Crippen molar-refractivity contribution in [1.82, 2.24) is 9.71 Å². The molecule has 0 aliphatic carbocycles. The summed E-state index contributed by atoms with van der Waals surface area (Å²) in [4.78, 5) is 6.38. The molecule has 4 N–H and O–H groups in total. The normalized spacial score (nSPS) is 16.3. The van der Waals surface area contributed by atoms with E-state index in [-0.39, 0.29) is 17.4 Å².